The zero-order chi connectivity index (χ0) is 22.8. The fraction of sp³-hybridized carbons (Fsp3) is 0.318. The van der Waals surface area contributed by atoms with Gasteiger partial charge in [0.25, 0.3) is 11.8 Å². The number of hydrogen-bond donors (Lipinski definition) is 0. The first-order valence-electron chi connectivity index (χ1n) is 9.85. The van der Waals surface area contributed by atoms with E-state index >= 15 is 0 Å². The van der Waals surface area contributed by atoms with Crippen LogP contribution in [0.25, 0.3) is 0 Å². The number of ether oxygens (including phenoxy) is 1. The van der Waals surface area contributed by atoms with Crippen LogP contribution in [-0.2, 0) is 14.8 Å². The molecule has 0 aliphatic carbocycles. The molecule has 0 radical (unpaired) electrons. The van der Waals surface area contributed by atoms with Gasteiger partial charge in [0.2, 0.25) is 10.0 Å². The quantitative estimate of drug-likeness (QED) is 0.352. The van der Waals surface area contributed by atoms with Crippen molar-refractivity contribution in [1.82, 2.24) is 9.21 Å². The van der Waals surface area contributed by atoms with Crippen LogP contribution in [0.4, 0.5) is 0 Å². The maximum atomic E-state index is 12.6. The molecule has 0 atom stereocenters. The van der Waals surface area contributed by atoms with Crippen LogP contribution < -0.4 is 0 Å². The molecule has 0 unspecified atom stereocenters. The van der Waals surface area contributed by atoms with Crippen molar-refractivity contribution < 1.29 is 27.5 Å². The summed E-state index contributed by atoms with van der Waals surface area (Å²) in [5, 5.41) is 0. The average molecular weight is 445 g/mol. The lowest BCUT2D eigenvalue weighted by molar-refractivity contribution is 0.0482. The number of imide groups is 1. The topological polar surface area (TPSA) is 101 Å². The van der Waals surface area contributed by atoms with E-state index in [1.54, 1.807) is 38.1 Å². The second-order valence-electron chi connectivity index (χ2n) is 7.44. The van der Waals surface area contributed by atoms with E-state index in [4.69, 9.17) is 4.74 Å². The smallest absolute Gasteiger partial charge is 0.338 e. The van der Waals surface area contributed by atoms with E-state index in [0.29, 0.717) is 11.1 Å². The minimum atomic E-state index is -3.73. The zero-order valence-corrected chi connectivity index (χ0v) is 18.4. The van der Waals surface area contributed by atoms with E-state index in [1.807, 2.05) is 0 Å². The standard InChI is InChI=1S/C22H24N2O6S/c1-15(2)23(3)31(28,29)17-9-6-8-16(14-17)22(27)30-13-7-12-24-20(25)18-10-4-5-11-19(18)21(24)26/h4-6,8-11,14-15H,7,12-13H2,1-3H3. The molecule has 3 rings (SSSR count). The van der Waals surface area contributed by atoms with E-state index in [1.165, 1.54) is 35.6 Å². The summed E-state index contributed by atoms with van der Waals surface area (Å²) in [5.74, 6) is -1.40. The van der Waals surface area contributed by atoms with Gasteiger partial charge >= 0.3 is 5.97 Å². The summed E-state index contributed by atoms with van der Waals surface area (Å²) in [6, 6.07) is 12.0. The predicted octanol–water partition coefficient (Wildman–Crippen LogP) is 2.56. The number of amides is 2. The Kier molecular flexibility index (Phi) is 6.56. The molecular weight excluding hydrogens is 420 g/mol. The SMILES string of the molecule is CC(C)N(C)S(=O)(=O)c1cccc(C(=O)OCCCN2C(=O)c3ccccc3C2=O)c1. The van der Waals surface area contributed by atoms with Gasteiger partial charge in [0, 0.05) is 19.6 Å². The first-order chi connectivity index (χ1) is 14.6. The second-order valence-corrected chi connectivity index (χ2v) is 9.44. The molecule has 8 nitrogen and oxygen atoms in total. The number of carbonyl (C=O) groups excluding carboxylic acids is 3. The van der Waals surface area contributed by atoms with Gasteiger partial charge < -0.3 is 4.74 Å². The number of hydrogen-bond acceptors (Lipinski definition) is 6. The molecule has 31 heavy (non-hydrogen) atoms. The number of rotatable bonds is 8. The van der Waals surface area contributed by atoms with E-state index in [2.05, 4.69) is 0 Å². The Labute approximate surface area is 181 Å². The molecule has 1 heterocycles. The summed E-state index contributed by atoms with van der Waals surface area (Å²) in [6.07, 6.45) is 0.269. The van der Waals surface area contributed by atoms with Gasteiger partial charge in [-0.3, -0.25) is 14.5 Å². The lowest BCUT2D eigenvalue weighted by Gasteiger charge is -2.21. The monoisotopic (exact) mass is 444 g/mol. The highest BCUT2D eigenvalue weighted by Crippen LogP contribution is 2.22. The van der Waals surface area contributed by atoms with E-state index < -0.39 is 16.0 Å². The lowest BCUT2D eigenvalue weighted by atomic mass is 10.1. The molecule has 0 bridgehead atoms. The van der Waals surface area contributed by atoms with Gasteiger partial charge in [0.05, 0.1) is 28.2 Å². The summed E-state index contributed by atoms with van der Waals surface area (Å²) in [6.45, 7) is 3.61. The third-order valence-corrected chi connectivity index (χ3v) is 7.14. The second kappa shape index (κ2) is 8.99. The van der Waals surface area contributed by atoms with Crippen LogP contribution in [0.5, 0.6) is 0 Å². The molecule has 0 saturated carbocycles. The van der Waals surface area contributed by atoms with Crippen molar-refractivity contribution in [2.24, 2.45) is 0 Å². The number of nitrogens with zero attached hydrogens (tertiary/aromatic N) is 2. The molecule has 1 aliphatic heterocycles. The number of benzene rings is 2. The Hall–Kier alpha value is -3.04. The Bertz CT molecular complexity index is 1090. The summed E-state index contributed by atoms with van der Waals surface area (Å²) < 4.78 is 31.7. The van der Waals surface area contributed by atoms with Crippen molar-refractivity contribution in [3.8, 4) is 0 Å². The normalized spacial score (nSPS) is 13.8. The maximum Gasteiger partial charge on any atom is 0.338 e. The number of esters is 1. The highest BCUT2D eigenvalue weighted by Gasteiger charge is 2.34. The molecule has 2 aromatic carbocycles. The Morgan fingerprint density at radius 1 is 1.03 bits per heavy atom. The number of sulfonamides is 1. The van der Waals surface area contributed by atoms with E-state index in [-0.39, 0.29) is 47.9 Å². The Morgan fingerprint density at radius 2 is 1.65 bits per heavy atom. The van der Waals surface area contributed by atoms with Crippen LogP contribution in [0.3, 0.4) is 0 Å². The van der Waals surface area contributed by atoms with Crippen molar-refractivity contribution >= 4 is 27.8 Å². The Balaban J connectivity index is 1.58. The van der Waals surface area contributed by atoms with Crippen molar-refractivity contribution in [1.29, 1.82) is 0 Å². The third kappa shape index (κ3) is 4.52. The van der Waals surface area contributed by atoms with Crippen molar-refractivity contribution in [2.75, 3.05) is 20.2 Å². The van der Waals surface area contributed by atoms with Crippen molar-refractivity contribution in [3.63, 3.8) is 0 Å². The fourth-order valence-electron chi connectivity index (χ4n) is 3.14. The lowest BCUT2D eigenvalue weighted by Crippen LogP contribution is -2.33. The summed E-state index contributed by atoms with van der Waals surface area (Å²) in [4.78, 5) is 38.1. The third-order valence-electron chi connectivity index (χ3n) is 5.11. The van der Waals surface area contributed by atoms with Gasteiger partial charge in [-0.05, 0) is 50.6 Å². The molecule has 2 aromatic rings. The van der Waals surface area contributed by atoms with Crippen LogP contribution in [0.15, 0.2) is 53.4 Å². The van der Waals surface area contributed by atoms with Gasteiger partial charge in [-0.15, -0.1) is 0 Å². The highest BCUT2D eigenvalue weighted by molar-refractivity contribution is 7.89. The zero-order valence-electron chi connectivity index (χ0n) is 17.6. The summed E-state index contributed by atoms with van der Waals surface area (Å²) in [7, 11) is -2.25. The number of fused-ring (bicyclic) bond motifs is 1. The van der Waals surface area contributed by atoms with E-state index in [9.17, 15) is 22.8 Å². The Morgan fingerprint density at radius 3 is 2.23 bits per heavy atom. The van der Waals surface area contributed by atoms with Crippen molar-refractivity contribution in [3.05, 3.63) is 65.2 Å². The number of carbonyl (C=O) groups is 3. The van der Waals surface area contributed by atoms with Gasteiger partial charge in [0.1, 0.15) is 0 Å². The van der Waals surface area contributed by atoms with Crippen molar-refractivity contribution in [2.45, 2.75) is 31.2 Å². The van der Waals surface area contributed by atoms with Gasteiger partial charge in [-0.2, -0.15) is 4.31 Å². The molecule has 0 aromatic heterocycles. The molecule has 0 N–H and O–H groups in total. The van der Waals surface area contributed by atoms with Gasteiger partial charge in [-0.25, -0.2) is 13.2 Å². The minimum Gasteiger partial charge on any atom is -0.462 e. The average Bonchev–Trinajstić information content (AvgIpc) is 3.00. The first-order valence-corrected chi connectivity index (χ1v) is 11.3. The molecule has 9 heteroatoms. The van der Waals surface area contributed by atoms with Crippen LogP contribution in [-0.4, -0.2) is 61.6 Å². The van der Waals surface area contributed by atoms with Gasteiger partial charge in [-0.1, -0.05) is 18.2 Å². The summed E-state index contributed by atoms with van der Waals surface area (Å²) >= 11 is 0. The molecule has 1 aliphatic rings. The minimum absolute atomic E-state index is 0.00387. The molecule has 2 amide bonds. The van der Waals surface area contributed by atoms with Crippen LogP contribution in [0.1, 0.15) is 51.3 Å². The summed E-state index contributed by atoms with van der Waals surface area (Å²) in [5.41, 5.74) is 0.849. The largest absolute Gasteiger partial charge is 0.462 e. The molecule has 0 fully saturated rings. The predicted molar refractivity (Wildman–Crippen MR) is 113 cm³/mol. The molecule has 0 spiro atoms. The molecule has 0 saturated heterocycles. The van der Waals surface area contributed by atoms with Crippen LogP contribution in [0.2, 0.25) is 0 Å². The first kappa shape index (κ1) is 22.6. The molecular formula is C22H24N2O6S. The van der Waals surface area contributed by atoms with E-state index in [0.717, 1.165) is 4.90 Å². The van der Waals surface area contributed by atoms with Crippen LogP contribution >= 0.6 is 0 Å². The fourth-order valence-corrected chi connectivity index (χ4v) is 4.55. The van der Waals surface area contributed by atoms with Gasteiger partial charge in [0.15, 0.2) is 0 Å². The highest BCUT2D eigenvalue weighted by atomic mass is 32.2. The van der Waals surface area contributed by atoms with Crippen LogP contribution in [0, 0.1) is 0 Å². The maximum absolute atomic E-state index is 12.6. The molecule has 164 valence electrons.